The lowest BCUT2D eigenvalue weighted by molar-refractivity contribution is -0.112. The van der Waals surface area contributed by atoms with E-state index in [-0.39, 0.29) is 12.2 Å². The van der Waals surface area contributed by atoms with Gasteiger partial charge in [-0.2, -0.15) is 5.26 Å². The number of carbonyl (C=O) groups is 1. The molecule has 0 atom stereocenters. The molecular weight excluding hydrogens is 520 g/mol. The molecule has 3 aromatic carbocycles. The smallest absolute Gasteiger partial charge is 0.266 e. The van der Waals surface area contributed by atoms with Gasteiger partial charge in [-0.1, -0.05) is 35.7 Å². The van der Waals surface area contributed by atoms with Crippen molar-refractivity contribution in [3.05, 3.63) is 87.4 Å². The zero-order valence-electron chi connectivity index (χ0n) is 20.0. The molecule has 7 heteroatoms. The van der Waals surface area contributed by atoms with E-state index in [9.17, 15) is 10.1 Å². The molecule has 36 heavy (non-hydrogen) atoms. The lowest BCUT2D eigenvalue weighted by Crippen LogP contribution is -2.13. The average molecular weight is 545 g/mol. The number of halogens is 1. The largest absolute Gasteiger partial charge is 0.490 e. The Bertz CT molecular complexity index is 1320. The number of nitriles is 1. The molecule has 0 aliphatic heterocycles. The zero-order valence-corrected chi connectivity index (χ0v) is 21.6. The number of aryl methyl sites for hydroxylation is 1. The summed E-state index contributed by atoms with van der Waals surface area (Å²) in [4.78, 5) is 12.8. The number of rotatable bonds is 10. The topological polar surface area (TPSA) is 80.6 Å². The monoisotopic (exact) mass is 544 g/mol. The number of nitrogens with one attached hydrogen (secondary N) is 1. The van der Waals surface area contributed by atoms with Gasteiger partial charge in [-0.25, -0.2) is 0 Å². The van der Waals surface area contributed by atoms with E-state index in [4.69, 9.17) is 20.6 Å². The maximum Gasteiger partial charge on any atom is 0.266 e. The van der Waals surface area contributed by atoms with Gasteiger partial charge in [0.2, 0.25) is 0 Å². The molecule has 0 fully saturated rings. The molecule has 0 aliphatic carbocycles. The van der Waals surface area contributed by atoms with Crippen molar-refractivity contribution in [2.75, 3.05) is 18.5 Å². The van der Waals surface area contributed by atoms with Gasteiger partial charge >= 0.3 is 0 Å². The second kappa shape index (κ2) is 13.0. The quantitative estimate of drug-likeness (QED) is 0.184. The summed E-state index contributed by atoms with van der Waals surface area (Å²) in [5.41, 5.74) is 3.32. The number of amides is 1. The first-order valence-corrected chi connectivity index (χ1v) is 12.0. The lowest BCUT2D eigenvalue weighted by atomic mass is 10.1. The molecule has 0 heterocycles. The van der Waals surface area contributed by atoms with Gasteiger partial charge in [-0.3, -0.25) is 4.79 Å². The molecular formula is C29H25BrN2O4. The Morgan fingerprint density at radius 3 is 2.44 bits per heavy atom. The van der Waals surface area contributed by atoms with Crippen LogP contribution in [0.4, 0.5) is 5.69 Å². The predicted molar refractivity (Wildman–Crippen MR) is 144 cm³/mol. The van der Waals surface area contributed by atoms with E-state index in [1.165, 1.54) is 11.6 Å². The zero-order chi connectivity index (χ0) is 25.9. The van der Waals surface area contributed by atoms with Crippen LogP contribution in [0.3, 0.4) is 0 Å². The number of nitrogens with zero attached hydrogens (tertiary/aromatic N) is 1. The summed E-state index contributed by atoms with van der Waals surface area (Å²) in [6, 6.07) is 20.4. The highest BCUT2D eigenvalue weighted by Gasteiger charge is 2.14. The molecule has 182 valence electrons. The van der Waals surface area contributed by atoms with E-state index in [0.29, 0.717) is 46.2 Å². The van der Waals surface area contributed by atoms with E-state index in [1.54, 1.807) is 36.4 Å². The summed E-state index contributed by atoms with van der Waals surface area (Å²) < 4.78 is 17.6. The second-order valence-electron chi connectivity index (χ2n) is 7.68. The van der Waals surface area contributed by atoms with Crippen molar-refractivity contribution in [2.45, 2.75) is 20.5 Å². The molecule has 0 unspecified atom stereocenters. The number of carbonyl (C=O) groups excluding carboxylic acids is 1. The average Bonchev–Trinajstić information content (AvgIpc) is 2.87. The summed E-state index contributed by atoms with van der Waals surface area (Å²) in [5, 5.41) is 12.3. The molecule has 0 radical (unpaired) electrons. The SMILES string of the molecule is C#CCOc1c(Br)cc(/C=C(\C#N)C(=O)Nc2ccc(OCc3ccc(C)cc3)cc2)cc1OCC. The van der Waals surface area contributed by atoms with Gasteiger partial charge in [0.25, 0.3) is 5.91 Å². The van der Waals surface area contributed by atoms with Gasteiger partial charge in [0, 0.05) is 5.69 Å². The summed E-state index contributed by atoms with van der Waals surface area (Å²) in [7, 11) is 0. The van der Waals surface area contributed by atoms with Gasteiger partial charge < -0.3 is 19.5 Å². The molecule has 0 spiro atoms. The Kier molecular flexibility index (Phi) is 9.56. The number of benzene rings is 3. The molecule has 0 aliphatic rings. The molecule has 0 saturated heterocycles. The van der Waals surface area contributed by atoms with Crippen molar-refractivity contribution in [3.8, 4) is 35.7 Å². The van der Waals surface area contributed by atoms with Gasteiger partial charge in [0.05, 0.1) is 11.1 Å². The van der Waals surface area contributed by atoms with Crippen molar-refractivity contribution in [1.82, 2.24) is 0 Å². The number of ether oxygens (including phenoxy) is 3. The van der Waals surface area contributed by atoms with Crippen LogP contribution in [0.25, 0.3) is 6.08 Å². The van der Waals surface area contributed by atoms with Gasteiger partial charge in [0.1, 0.15) is 30.6 Å². The van der Waals surface area contributed by atoms with Gasteiger partial charge in [-0.15, -0.1) is 6.42 Å². The Labute approximate surface area is 219 Å². The van der Waals surface area contributed by atoms with E-state index in [2.05, 4.69) is 27.2 Å². The standard InChI is InChI=1S/C29H25BrN2O4/c1-4-14-35-28-26(30)16-22(17-27(28)34-5-2)15-23(18-31)29(33)32-24-10-12-25(13-11-24)36-19-21-8-6-20(3)7-9-21/h1,6-13,15-17H,5,14,19H2,2-3H3,(H,32,33)/b23-15+. The van der Waals surface area contributed by atoms with Gasteiger partial charge in [0.15, 0.2) is 11.5 Å². The molecule has 0 bridgehead atoms. The molecule has 1 N–H and O–H groups in total. The van der Waals surface area contributed by atoms with Crippen molar-refractivity contribution in [1.29, 1.82) is 5.26 Å². The van der Waals surface area contributed by atoms with Crippen molar-refractivity contribution < 1.29 is 19.0 Å². The first-order valence-electron chi connectivity index (χ1n) is 11.2. The normalized spacial score (nSPS) is 10.6. The minimum Gasteiger partial charge on any atom is -0.490 e. The highest BCUT2D eigenvalue weighted by atomic mass is 79.9. The fourth-order valence-electron chi connectivity index (χ4n) is 3.19. The summed E-state index contributed by atoms with van der Waals surface area (Å²) in [5.74, 6) is 3.46. The Hall–Kier alpha value is -4.20. The van der Waals surface area contributed by atoms with Crippen molar-refractivity contribution in [3.63, 3.8) is 0 Å². The lowest BCUT2D eigenvalue weighted by Gasteiger charge is -2.13. The van der Waals surface area contributed by atoms with Crippen molar-refractivity contribution >= 4 is 33.6 Å². The minimum atomic E-state index is -0.535. The van der Waals surface area contributed by atoms with Crippen LogP contribution >= 0.6 is 15.9 Å². The minimum absolute atomic E-state index is 0.0682. The first kappa shape index (κ1) is 26.4. The third-order valence-corrected chi connectivity index (χ3v) is 5.53. The Morgan fingerprint density at radius 1 is 1.08 bits per heavy atom. The van der Waals surface area contributed by atoms with Gasteiger partial charge in [-0.05, 0) is 83.4 Å². The fraction of sp³-hybridized carbons (Fsp3) is 0.172. The van der Waals surface area contributed by atoms with Crippen LogP contribution in [-0.2, 0) is 11.4 Å². The van der Waals surface area contributed by atoms with Crippen LogP contribution in [0.1, 0.15) is 23.6 Å². The second-order valence-corrected chi connectivity index (χ2v) is 8.53. The summed E-state index contributed by atoms with van der Waals surface area (Å²) in [6.07, 6.45) is 6.76. The molecule has 0 saturated carbocycles. The molecule has 3 rings (SSSR count). The maximum atomic E-state index is 12.8. The van der Waals surface area contributed by atoms with Crippen LogP contribution in [0, 0.1) is 30.6 Å². The number of anilines is 1. The maximum absolute atomic E-state index is 12.8. The highest BCUT2D eigenvalue weighted by Crippen LogP contribution is 2.37. The first-order chi connectivity index (χ1) is 17.4. The van der Waals surface area contributed by atoms with E-state index in [1.807, 2.05) is 44.2 Å². The van der Waals surface area contributed by atoms with Crippen LogP contribution in [0.15, 0.2) is 70.7 Å². The van der Waals surface area contributed by atoms with E-state index < -0.39 is 5.91 Å². The predicted octanol–water partition coefficient (Wildman–Crippen LogP) is 6.29. The number of hydrogen-bond donors (Lipinski definition) is 1. The summed E-state index contributed by atoms with van der Waals surface area (Å²) in [6.45, 7) is 4.81. The van der Waals surface area contributed by atoms with E-state index >= 15 is 0 Å². The molecule has 3 aromatic rings. The third kappa shape index (κ3) is 7.40. The Morgan fingerprint density at radius 2 is 1.81 bits per heavy atom. The van der Waals surface area contributed by atoms with E-state index in [0.717, 1.165) is 5.56 Å². The third-order valence-electron chi connectivity index (χ3n) is 4.95. The van der Waals surface area contributed by atoms with Crippen LogP contribution in [0.2, 0.25) is 0 Å². The Balaban J connectivity index is 1.69. The fourth-order valence-corrected chi connectivity index (χ4v) is 3.76. The number of hydrogen-bond acceptors (Lipinski definition) is 5. The highest BCUT2D eigenvalue weighted by molar-refractivity contribution is 9.10. The van der Waals surface area contributed by atoms with Crippen LogP contribution in [0.5, 0.6) is 17.2 Å². The van der Waals surface area contributed by atoms with Crippen molar-refractivity contribution in [2.24, 2.45) is 0 Å². The summed E-state index contributed by atoms with van der Waals surface area (Å²) >= 11 is 3.44. The van der Waals surface area contributed by atoms with Crippen LogP contribution < -0.4 is 19.5 Å². The molecule has 1 amide bonds. The number of terminal acetylenes is 1. The molecule has 0 aromatic heterocycles. The molecule has 6 nitrogen and oxygen atoms in total. The van der Waals surface area contributed by atoms with Crippen LogP contribution in [-0.4, -0.2) is 19.1 Å².